The quantitative estimate of drug-likeness (QED) is 0.120. The number of hydrogen-bond donors (Lipinski definition) is 4. The average molecular weight is 580 g/mol. The fourth-order valence-electron chi connectivity index (χ4n) is 3.87. The largest absolute Gasteiger partial charge is 0.480 e. The summed E-state index contributed by atoms with van der Waals surface area (Å²) < 4.78 is 0. The molecule has 0 bridgehead atoms. The molecule has 3 amide bonds. The van der Waals surface area contributed by atoms with Gasteiger partial charge in [0.1, 0.15) is 18.1 Å². The van der Waals surface area contributed by atoms with E-state index in [9.17, 15) is 24.3 Å². The monoisotopic (exact) mass is 579 g/mol. The number of rotatable bonds is 19. The van der Waals surface area contributed by atoms with Crippen LogP contribution in [0.15, 0.2) is 34.9 Å². The number of hydrogen-bond acceptors (Lipinski definition) is 5. The summed E-state index contributed by atoms with van der Waals surface area (Å²) in [5.41, 5.74) is 4.02. The first-order chi connectivity index (χ1) is 18.7. The first-order valence-corrected chi connectivity index (χ1v) is 15.5. The molecule has 0 aromatic carbocycles. The first kappa shape index (κ1) is 37.5. The SMILES string of the molecule is CC[C@H](C)[C@H](NC(=O)[C@H](NC(=O)[C@H](CSC/C=C(\C)CC/C=C(\C)CCC=C(C)C)NC(C)=O)C(C)C)C(=O)O. The third-order valence-electron chi connectivity index (χ3n) is 6.67. The van der Waals surface area contributed by atoms with Gasteiger partial charge in [-0.25, -0.2) is 4.79 Å². The van der Waals surface area contributed by atoms with E-state index >= 15 is 0 Å². The molecule has 0 fully saturated rings. The van der Waals surface area contributed by atoms with Gasteiger partial charge in [-0.3, -0.25) is 14.4 Å². The van der Waals surface area contributed by atoms with Crippen molar-refractivity contribution < 1.29 is 24.3 Å². The number of amides is 3. The van der Waals surface area contributed by atoms with Crippen molar-refractivity contribution in [1.29, 1.82) is 0 Å². The molecule has 4 atom stereocenters. The molecule has 0 aliphatic carbocycles. The molecule has 40 heavy (non-hydrogen) atoms. The van der Waals surface area contributed by atoms with Crippen LogP contribution >= 0.6 is 11.8 Å². The molecule has 0 saturated heterocycles. The van der Waals surface area contributed by atoms with Crippen LogP contribution in [-0.4, -0.2) is 58.4 Å². The number of nitrogens with one attached hydrogen (secondary N) is 3. The summed E-state index contributed by atoms with van der Waals surface area (Å²) in [5.74, 6) is -1.98. The minimum absolute atomic E-state index is 0.266. The van der Waals surface area contributed by atoms with Crippen molar-refractivity contribution in [3.8, 4) is 0 Å². The summed E-state index contributed by atoms with van der Waals surface area (Å²) in [6.45, 7) is 17.0. The second-order valence-corrected chi connectivity index (χ2v) is 12.3. The summed E-state index contributed by atoms with van der Waals surface area (Å²) >= 11 is 1.53. The maximum Gasteiger partial charge on any atom is 0.326 e. The van der Waals surface area contributed by atoms with Gasteiger partial charge in [0.2, 0.25) is 17.7 Å². The van der Waals surface area contributed by atoms with E-state index in [0.29, 0.717) is 17.9 Å². The van der Waals surface area contributed by atoms with E-state index in [-0.39, 0.29) is 17.7 Å². The van der Waals surface area contributed by atoms with Gasteiger partial charge in [-0.05, 0) is 65.2 Å². The third kappa shape index (κ3) is 16.5. The molecule has 228 valence electrons. The highest BCUT2D eigenvalue weighted by atomic mass is 32.2. The highest BCUT2D eigenvalue weighted by molar-refractivity contribution is 7.99. The Kier molecular flexibility index (Phi) is 19.0. The van der Waals surface area contributed by atoms with E-state index in [4.69, 9.17) is 0 Å². The summed E-state index contributed by atoms with van der Waals surface area (Å²) in [5, 5.41) is 17.5. The molecule has 0 radical (unpaired) electrons. The van der Waals surface area contributed by atoms with Crippen LogP contribution in [0.5, 0.6) is 0 Å². The summed E-state index contributed by atoms with van der Waals surface area (Å²) in [6.07, 6.45) is 11.4. The number of allylic oxidation sites excluding steroid dienone is 5. The molecule has 0 spiro atoms. The van der Waals surface area contributed by atoms with Gasteiger partial charge < -0.3 is 21.1 Å². The molecule has 0 unspecified atom stereocenters. The Bertz CT molecular complexity index is 922. The van der Waals surface area contributed by atoms with E-state index < -0.39 is 35.9 Å². The van der Waals surface area contributed by atoms with Crippen LogP contribution in [0, 0.1) is 11.8 Å². The van der Waals surface area contributed by atoms with Gasteiger partial charge >= 0.3 is 5.97 Å². The lowest BCUT2D eigenvalue weighted by Crippen LogP contribution is -2.58. The Hall–Kier alpha value is -2.55. The first-order valence-electron chi connectivity index (χ1n) is 14.3. The molecule has 8 nitrogen and oxygen atoms in total. The Morgan fingerprint density at radius 1 is 0.775 bits per heavy atom. The zero-order valence-corrected chi connectivity index (χ0v) is 26.9. The molecule has 0 saturated carbocycles. The van der Waals surface area contributed by atoms with Crippen LogP contribution in [0.4, 0.5) is 0 Å². The van der Waals surface area contributed by atoms with Crippen LogP contribution < -0.4 is 16.0 Å². The summed E-state index contributed by atoms with van der Waals surface area (Å²) in [7, 11) is 0. The van der Waals surface area contributed by atoms with E-state index in [0.717, 1.165) is 25.7 Å². The van der Waals surface area contributed by atoms with Crippen molar-refractivity contribution in [2.75, 3.05) is 11.5 Å². The summed E-state index contributed by atoms with van der Waals surface area (Å²) in [4.78, 5) is 49.5. The normalized spacial score (nSPS) is 15.1. The molecule has 0 heterocycles. The number of thioether (sulfide) groups is 1. The lowest BCUT2D eigenvalue weighted by atomic mass is 9.97. The zero-order valence-electron chi connectivity index (χ0n) is 26.1. The van der Waals surface area contributed by atoms with Crippen molar-refractivity contribution in [2.45, 2.75) is 113 Å². The van der Waals surface area contributed by atoms with E-state index in [1.165, 1.54) is 35.4 Å². The molecule has 0 aliphatic heterocycles. The lowest BCUT2D eigenvalue weighted by Gasteiger charge is -2.27. The second-order valence-electron chi connectivity index (χ2n) is 11.2. The smallest absolute Gasteiger partial charge is 0.326 e. The maximum absolute atomic E-state index is 13.1. The van der Waals surface area contributed by atoms with Crippen LogP contribution in [0.25, 0.3) is 0 Å². The van der Waals surface area contributed by atoms with Crippen LogP contribution in [-0.2, 0) is 19.2 Å². The van der Waals surface area contributed by atoms with Crippen LogP contribution in [0.3, 0.4) is 0 Å². The maximum atomic E-state index is 13.1. The van der Waals surface area contributed by atoms with E-state index in [2.05, 4.69) is 61.9 Å². The molecule has 9 heteroatoms. The fourth-order valence-corrected chi connectivity index (χ4v) is 4.88. The number of carbonyl (C=O) groups excluding carboxylic acids is 3. The third-order valence-corrected chi connectivity index (χ3v) is 7.65. The van der Waals surface area contributed by atoms with E-state index in [1.807, 2.05) is 6.92 Å². The van der Waals surface area contributed by atoms with Gasteiger partial charge in [-0.15, -0.1) is 0 Å². The van der Waals surface area contributed by atoms with Crippen molar-refractivity contribution in [3.63, 3.8) is 0 Å². The van der Waals surface area contributed by atoms with Crippen LogP contribution in [0.2, 0.25) is 0 Å². The molecular weight excluding hydrogens is 526 g/mol. The topological polar surface area (TPSA) is 125 Å². The standard InChI is InChI=1S/C31H53N3O5S/c1-10-24(8)28(31(38)39)34-30(37)27(21(4)5)33-29(36)26(32-25(9)35)19-40-18-17-23(7)16-12-15-22(6)14-11-13-20(2)3/h13,15,17,21,24,26-28H,10-12,14,16,18-19H2,1-9H3,(H,32,35)(H,33,36)(H,34,37)(H,38,39)/b22-15+,23-17+/t24-,26-,27+,28-/m0/s1. The van der Waals surface area contributed by atoms with Gasteiger partial charge in [-0.1, -0.05) is 69.1 Å². The van der Waals surface area contributed by atoms with Gasteiger partial charge in [-0.2, -0.15) is 11.8 Å². The molecule has 0 rings (SSSR count). The number of carbonyl (C=O) groups is 4. The van der Waals surface area contributed by atoms with E-state index in [1.54, 1.807) is 20.8 Å². The molecule has 4 N–H and O–H groups in total. The Labute approximate surface area is 246 Å². The lowest BCUT2D eigenvalue weighted by molar-refractivity contribution is -0.144. The molecular formula is C31H53N3O5S. The van der Waals surface area contributed by atoms with Gasteiger partial charge in [0.15, 0.2) is 0 Å². The number of carboxylic acids is 1. The Balaban J connectivity index is 5.05. The van der Waals surface area contributed by atoms with Crippen LogP contribution in [0.1, 0.15) is 94.4 Å². The fraction of sp³-hybridized carbons (Fsp3) is 0.677. The Morgan fingerprint density at radius 2 is 1.32 bits per heavy atom. The Morgan fingerprint density at radius 3 is 1.82 bits per heavy atom. The van der Waals surface area contributed by atoms with Crippen molar-refractivity contribution in [2.24, 2.45) is 11.8 Å². The molecule has 0 aromatic rings. The molecule has 0 aliphatic rings. The highest BCUT2D eigenvalue weighted by Crippen LogP contribution is 2.14. The number of aliphatic carboxylic acids is 1. The minimum Gasteiger partial charge on any atom is -0.480 e. The van der Waals surface area contributed by atoms with Gasteiger partial charge in [0.05, 0.1) is 0 Å². The van der Waals surface area contributed by atoms with Crippen molar-refractivity contribution >= 4 is 35.5 Å². The van der Waals surface area contributed by atoms with Crippen molar-refractivity contribution in [3.05, 3.63) is 34.9 Å². The second kappa shape index (κ2) is 20.3. The molecule has 0 aromatic heterocycles. The van der Waals surface area contributed by atoms with Crippen molar-refractivity contribution in [1.82, 2.24) is 16.0 Å². The van der Waals surface area contributed by atoms with Gasteiger partial charge in [0, 0.05) is 18.4 Å². The minimum atomic E-state index is -1.11. The number of carboxylic acid groups (broad SMARTS) is 1. The highest BCUT2D eigenvalue weighted by Gasteiger charge is 2.32. The average Bonchev–Trinajstić information content (AvgIpc) is 2.85. The predicted molar refractivity (Wildman–Crippen MR) is 166 cm³/mol. The van der Waals surface area contributed by atoms with Gasteiger partial charge in [0.25, 0.3) is 0 Å². The predicted octanol–water partition coefficient (Wildman–Crippen LogP) is 5.40. The zero-order chi connectivity index (χ0) is 30.8. The summed E-state index contributed by atoms with van der Waals surface area (Å²) in [6, 6.07) is -2.80.